The molecule has 0 fully saturated rings. The van der Waals surface area contributed by atoms with Crippen molar-refractivity contribution in [2.75, 3.05) is 0 Å². The summed E-state index contributed by atoms with van der Waals surface area (Å²) in [5.74, 6) is -0.901. The SMILES string of the molecule is O=S(=O)(NCc1cn[nH]c1)c1cc(F)c(Cl)c(CO)c1. The van der Waals surface area contributed by atoms with Crippen LogP contribution in [0.3, 0.4) is 0 Å². The van der Waals surface area contributed by atoms with Crippen LogP contribution in [-0.2, 0) is 23.2 Å². The molecule has 0 aliphatic rings. The van der Waals surface area contributed by atoms with Crippen LogP contribution in [0.2, 0.25) is 5.02 Å². The zero-order chi connectivity index (χ0) is 14.8. The molecule has 1 aromatic carbocycles. The van der Waals surface area contributed by atoms with Crippen LogP contribution < -0.4 is 4.72 Å². The van der Waals surface area contributed by atoms with Crippen molar-refractivity contribution in [1.82, 2.24) is 14.9 Å². The largest absolute Gasteiger partial charge is 0.392 e. The maximum absolute atomic E-state index is 13.5. The fraction of sp³-hybridized carbons (Fsp3) is 0.182. The van der Waals surface area contributed by atoms with E-state index in [-0.39, 0.29) is 22.0 Å². The smallest absolute Gasteiger partial charge is 0.240 e. The van der Waals surface area contributed by atoms with E-state index in [4.69, 9.17) is 16.7 Å². The van der Waals surface area contributed by atoms with Crippen LogP contribution >= 0.6 is 11.6 Å². The number of nitrogens with zero attached hydrogens (tertiary/aromatic N) is 1. The lowest BCUT2D eigenvalue weighted by Gasteiger charge is -2.09. The Bertz CT molecular complexity index is 704. The van der Waals surface area contributed by atoms with Gasteiger partial charge in [-0.3, -0.25) is 5.10 Å². The summed E-state index contributed by atoms with van der Waals surface area (Å²) in [6, 6.07) is 1.93. The number of benzene rings is 1. The first-order valence-electron chi connectivity index (χ1n) is 5.50. The third-order valence-corrected chi connectivity index (χ3v) is 4.38. The molecule has 0 atom stereocenters. The molecule has 0 amide bonds. The predicted octanol–water partition coefficient (Wildman–Crippen LogP) is 1.17. The summed E-state index contributed by atoms with van der Waals surface area (Å²) in [4.78, 5) is -0.299. The lowest BCUT2D eigenvalue weighted by atomic mass is 10.2. The second-order valence-corrected chi connectivity index (χ2v) is 6.11. The Morgan fingerprint density at radius 3 is 2.80 bits per heavy atom. The molecule has 1 aromatic heterocycles. The average molecular weight is 320 g/mol. The van der Waals surface area contributed by atoms with Gasteiger partial charge in [0.05, 0.1) is 22.7 Å². The average Bonchev–Trinajstić information content (AvgIpc) is 2.92. The summed E-state index contributed by atoms with van der Waals surface area (Å²) < 4.78 is 39.9. The molecule has 3 N–H and O–H groups in total. The normalized spacial score (nSPS) is 11.8. The summed E-state index contributed by atoms with van der Waals surface area (Å²) in [6.45, 7) is -0.543. The quantitative estimate of drug-likeness (QED) is 0.771. The number of hydrogen-bond acceptors (Lipinski definition) is 4. The predicted molar refractivity (Wildman–Crippen MR) is 69.9 cm³/mol. The van der Waals surface area contributed by atoms with Gasteiger partial charge >= 0.3 is 0 Å². The number of aliphatic hydroxyl groups excluding tert-OH is 1. The van der Waals surface area contributed by atoms with E-state index in [2.05, 4.69) is 14.9 Å². The van der Waals surface area contributed by atoms with Crippen LogP contribution in [0.4, 0.5) is 4.39 Å². The molecule has 0 aliphatic heterocycles. The third-order valence-electron chi connectivity index (χ3n) is 2.58. The molecular formula is C11H11ClFN3O3S. The standard InChI is InChI=1S/C11H11ClFN3O3S/c12-11-8(6-17)1-9(2-10(11)13)20(18,19)16-5-7-3-14-15-4-7/h1-4,16-17H,5-6H2,(H,14,15). The van der Waals surface area contributed by atoms with Gasteiger partial charge in [-0.1, -0.05) is 11.6 Å². The Hall–Kier alpha value is -1.48. The minimum absolute atomic E-state index is 0.00959. The lowest BCUT2D eigenvalue weighted by molar-refractivity contribution is 0.281. The second-order valence-electron chi connectivity index (χ2n) is 3.97. The zero-order valence-corrected chi connectivity index (χ0v) is 11.7. The Labute approximate surface area is 119 Å². The van der Waals surface area contributed by atoms with Crippen LogP contribution in [0.15, 0.2) is 29.4 Å². The number of aromatic nitrogens is 2. The molecule has 6 nitrogen and oxygen atoms in total. The Morgan fingerprint density at radius 2 is 2.20 bits per heavy atom. The molecule has 0 aliphatic carbocycles. The molecule has 0 radical (unpaired) electrons. The number of aliphatic hydroxyl groups is 1. The van der Waals surface area contributed by atoms with Crippen molar-refractivity contribution in [3.05, 3.63) is 46.5 Å². The number of rotatable bonds is 5. The summed E-state index contributed by atoms with van der Waals surface area (Å²) in [5, 5.41) is 15.0. The van der Waals surface area contributed by atoms with E-state index in [1.54, 1.807) is 0 Å². The summed E-state index contributed by atoms with van der Waals surface area (Å²) in [7, 11) is -3.91. The van der Waals surface area contributed by atoms with Crippen LogP contribution in [-0.4, -0.2) is 23.7 Å². The van der Waals surface area contributed by atoms with Crippen molar-refractivity contribution < 1.29 is 17.9 Å². The summed E-state index contributed by atoms with van der Waals surface area (Å²) in [5.41, 5.74) is 0.640. The van der Waals surface area contributed by atoms with Crippen molar-refractivity contribution >= 4 is 21.6 Å². The number of hydrogen-bond donors (Lipinski definition) is 3. The molecule has 0 unspecified atom stereocenters. The molecule has 108 valence electrons. The van der Waals surface area contributed by atoms with Gasteiger partial charge in [0.15, 0.2) is 0 Å². The van der Waals surface area contributed by atoms with Gasteiger partial charge in [0.2, 0.25) is 10.0 Å². The highest BCUT2D eigenvalue weighted by molar-refractivity contribution is 7.89. The Kier molecular flexibility index (Phi) is 4.39. The van der Waals surface area contributed by atoms with Crippen molar-refractivity contribution in [3.8, 4) is 0 Å². The van der Waals surface area contributed by atoms with Crippen molar-refractivity contribution in [2.24, 2.45) is 0 Å². The molecule has 0 saturated carbocycles. The minimum atomic E-state index is -3.91. The van der Waals surface area contributed by atoms with Crippen LogP contribution in [0.25, 0.3) is 0 Å². The van der Waals surface area contributed by atoms with Crippen LogP contribution in [0.5, 0.6) is 0 Å². The first-order valence-corrected chi connectivity index (χ1v) is 7.36. The fourth-order valence-electron chi connectivity index (χ4n) is 1.52. The van der Waals surface area contributed by atoms with E-state index < -0.39 is 22.4 Å². The molecule has 1 heterocycles. The molecule has 2 aromatic rings. The first kappa shape index (κ1) is 14.9. The highest BCUT2D eigenvalue weighted by Gasteiger charge is 2.18. The fourth-order valence-corrected chi connectivity index (χ4v) is 2.77. The van der Waals surface area contributed by atoms with E-state index in [1.165, 1.54) is 12.4 Å². The van der Waals surface area contributed by atoms with Crippen LogP contribution in [0.1, 0.15) is 11.1 Å². The topological polar surface area (TPSA) is 95.1 Å². The molecule has 0 saturated heterocycles. The van der Waals surface area contributed by atoms with Gasteiger partial charge in [0.25, 0.3) is 0 Å². The lowest BCUT2D eigenvalue weighted by Crippen LogP contribution is -2.23. The molecular weight excluding hydrogens is 309 g/mol. The zero-order valence-electron chi connectivity index (χ0n) is 10.1. The van der Waals surface area contributed by atoms with Crippen molar-refractivity contribution in [1.29, 1.82) is 0 Å². The molecule has 9 heteroatoms. The Morgan fingerprint density at radius 1 is 1.45 bits per heavy atom. The molecule has 0 spiro atoms. The minimum Gasteiger partial charge on any atom is -0.392 e. The number of sulfonamides is 1. The van der Waals surface area contributed by atoms with E-state index in [1.807, 2.05) is 0 Å². The highest BCUT2D eigenvalue weighted by atomic mass is 35.5. The number of aromatic amines is 1. The van der Waals surface area contributed by atoms with Gasteiger partial charge in [-0.2, -0.15) is 5.10 Å². The van der Waals surface area contributed by atoms with Gasteiger partial charge < -0.3 is 5.11 Å². The van der Waals surface area contributed by atoms with Gasteiger partial charge in [0, 0.05) is 23.9 Å². The molecule has 2 rings (SSSR count). The molecule has 0 bridgehead atoms. The number of H-pyrrole nitrogens is 1. The first-order chi connectivity index (χ1) is 9.44. The van der Waals surface area contributed by atoms with E-state index in [0.717, 1.165) is 12.1 Å². The van der Waals surface area contributed by atoms with Gasteiger partial charge in [-0.25, -0.2) is 17.5 Å². The van der Waals surface area contributed by atoms with Gasteiger partial charge in [-0.05, 0) is 12.1 Å². The van der Waals surface area contributed by atoms with E-state index in [9.17, 15) is 12.8 Å². The van der Waals surface area contributed by atoms with Crippen LogP contribution in [0, 0.1) is 5.82 Å². The summed E-state index contributed by atoms with van der Waals surface area (Å²) >= 11 is 5.61. The van der Waals surface area contributed by atoms with Gasteiger partial charge in [-0.15, -0.1) is 0 Å². The maximum Gasteiger partial charge on any atom is 0.240 e. The number of nitrogens with one attached hydrogen (secondary N) is 2. The number of halogens is 2. The van der Waals surface area contributed by atoms with Crippen molar-refractivity contribution in [2.45, 2.75) is 18.0 Å². The Balaban J connectivity index is 2.27. The maximum atomic E-state index is 13.5. The van der Waals surface area contributed by atoms with E-state index in [0.29, 0.717) is 5.56 Å². The summed E-state index contributed by atoms with van der Waals surface area (Å²) in [6.07, 6.45) is 2.99. The van der Waals surface area contributed by atoms with Crippen molar-refractivity contribution in [3.63, 3.8) is 0 Å². The monoisotopic (exact) mass is 319 g/mol. The second kappa shape index (κ2) is 5.88. The van der Waals surface area contributed by atoms with E-state index >= 15 is 0 Å². The third kappa shape index (κ3) is 3.15. The molecule has 20 heavy (non-hydrogen) atoms. The van der Waals surface area contributed by atoms with Gasteiger partial charge in [0.1, 0.15) is 5.82 Å². The highest BCUT2D eigenvalue weighted by Crippen LogP contribution is 2.24.